The summed E-state index contributed by atoms with van der Waals surface area (Å²) in [5.74, 6) is -9.17. The Labute approximate surface area is 338 Å². The Morgan fingerprint density at radius 1 is 0.983 bits per heavy atom. The van der Waals surface area contributed by atoms with Gasteiger partial charge in [0.15, 0.2) is 0 Å². The minimum absolute atomic E-state index is 0.00109. The third kappa shape index (κ3) is 8.35. The first-order valence-corrected chi connectivity index (χ1v) is 19.6. The molecule has 1 fully saturated rings. The molecule has 1 aliphatic carbocycles. The number of allylic oxidation sites excluding steroid dienone is 4. The number of fused-ring (bicyclic) bond motifs is 14. The van der Waals surface area contributed by atoms with Gasteiger partial charge in [-0.15, -0.1) is 0 Å². The minimum atomic E-state index is -2.08. The van der Waals surface area contributed by atoms with Crippen LogP contribution in [-0.4, -0.2) is 113 Å². The van der Waals surface area contributed by atoms with Gasteiger partial charge in [0.1, 0.15) is 29.0 Å². The Morgan fingerprint density at radius 2 is 1.67 bits per heavy atom. The van der Waals surface area contributed by atoms with E-state index in [1.807, 2.05) is 0 Å². The SMILES string of the molecule is CO[C@H]1/C=C/O[C@@]2(C)Oc3c(C)c(O)c4c(c3C2=O)C(=O)C(N(C)C[C@@H]2CCCO2)=C(NC(=O)/C(C)=C\C=C\[C@H](C)[C@H](O)[C@@H](C)[C@H](O)[C@H](C)[C@H](OC(C)=O)[C@@H]1C)C4=O. The highest BCUT2D eigenvalue weighted by Gasteiger charge is 2.53. The Hall–Kier alpha value is -4.83. The fourth-order valence-electron chi connectivity index (χ4n) is 8.23. The van der Waals surface area contributed by atoms with Crippen molar-refractivity contribution in [1.29, 1.82) is 0 Å². The van der Waals surface area contributed by atoms with Crippen LogP contribution in [-0.2, 0) is 28.5 Å². The Kier molecular flexibility index (Phi) is 13.4. The van der Waals surface area contributed by atoms with Crippen LogP contribution in [0.1, 0.15) is 97.9 Å². The molecule has 0 unspecified atom stereocenters. The summed E-state index contributed by atoms with van der Waals surface area (Å²) >= 11 is 0. The van der Waals surface area contributed by atoms with E-state index in [0.717, 1.165) is 6.42 Å². The largest absolute Gasteiger partial charge is 0.507 e. The van der Waals surface area contributed by atoms with Crippen molar-refractivity contribution >= 4 is 29.2 Å². The lowest BCUT2D eigenvalue weighted by Gasteiger charge is -2.38. The van der Waals surface area contributed by atoms with Crippen molar-refractivity contribution in [2.45, 2.75) is 105 Å². The lowest BCUT2D eigenvalue weighted by atomic mass is 9.78. The maximum atomic E-state index is 14.8. The molecular weight excluding hydrogens is 752 g/mol. The van der Waals surface area contributed by atoms with Crippen LogP contribution in [0.5, 0.6) is 11.5 Å². The molecule has 15 nitrogen and oxygen atoms in total. The van der Waals surface area contributed by atoms with E-state index in [9.17, 15) is 39.3 Å². The predicted molar refractivity (Wildman–Crippen MR) is 210 cm³/mol. The van der Waals surface area contributed by atoms with Crippen molar-refractivity contribution in [1.82, 2.24) is 10.2 Å². The van der Waals surface area contributed by atoms with E-state index in [1.54, 1.807) is 46.9 Å². The van der Waals surface area contributed by atoms with Crippen molar-refractivity contribution < 1.29 is 63.0 Å². The number of benzene rings is 1. The molecule has 1 saturated heterocycles. The van der Waals surface area contributed by atoms with Gasteiger partial charge in [0.25, 0.3) is 11.7 Å². The smallest absolute Gasteiger partial charge is 0.312 e. The van der Waals surface area contributed by atoms with Crippen LogP contribution < -0.4 is 10.1 Å². The number of methoxy groups -OCH3 is 1. The molecule has 1 aromatic rings. The summed E-state index contributed by atoms with van der Waals surface area (Å²) in [7, 11) is 3.01. The van der Waals surface area contributed by atoms with E-state index in [2.05, 4.69) is 5.32 Å². The number of likely N-dealkylation sites (N-methyl/N-ethyl adjacent to an activating group) is 1. The average molecular weight is 809 g/mol. The van der Waals surface area contributed by atoms with Crippen molar-refractivity contribution in [3.05, 3.63) is 69.8 Å². The first-order chi connectivity index (χ1) is 27.2. The van der Waals surface area contributed by atoms with Crippen molar-refractivity contribution in [3.8, 4) is 11.5 Å². The van der Waals surface area contributed by atoms with Gasteiger partial charge < -0.3 is 49.2 Å². The van der Waals surface area contributed by atoms with Gasteiger partial charge >= 0.3 is 11.8 Å². The van der Waals surface area contributed by atoms with E-state index in [0.29, 0.717) is 13.0 Å². The second-order valence-electron chi connectivity index (χ2n) is 16.0. The molecule has 0 saturated carbocycles. The van der Waals surface area contributed by atoms with Gasteiger partial charge in [0.05, 0.1) is 47.4 Å². The number of ether oxygens (including phenoxy) is 5. The molecule has 15 heteroatoms. The summed E-state index contributed by atoms with van der Waals surface area (Å²) in [4.78, 5) is 71.2. The zero-order valence-corrected chi connectivity index (χ0v) is 34.8. The topological polar surface area (TPSA) is 207 Å². The molecule has 4 N–H and O–H groups in total. The summed E-state index contributed by atoms with van der Waals surface area (Å²) in [5.41, 5.74) is -1.56. The average Bonchev–Trinajstić information content (AvgIpc) is 3.79. The van der Waals surface area contributed by atoms with Crippen LogP contribution in [0.25, 0.3) is 0 Å². The molecule has 58 heavy (non-hydrogen) atoms. The molecular formula is C43H56N2O13. The molecule has 316 valence electrons. The van der Waals surface area contributed by atoms with Gasteiger partial charge in [-0.1, -0.05) is 45.9 Å². The van der Waals surface area contributed by atoms with E-state index in [1.165, 1.54) is 58.1 Å². The molecule has 0 aromatic heterocycles. The molecule has 6 rings (SSSR count). The number of hydrogen-bond acceptors (Lipinski definition) is 14. The summed E-state index contributed by atoms with van der Waals surface area (Å²) in [5, 5.41) is 37.0. The first kappa shape index (κ1) is 44.3. The fourth-order valence-corrected chi connectivity index (χ4v) is 8.23. The van der Waals surface area contributed by atoms with Gasteiger partial charge in [-0.05, 0) is 32.8 Å². The number of phenols is 1. The first-order valence-electron chi connectivity index (χ1n) is 19.6. The maximum Gasteiger partial charge on any atom is 0.312 e. The fraction of sp³-hybridized carbons (Fsp3) is 0.558. The quantitative estimate of drug-likeness (QED) is 0.310. The van der Waals surface area contributed by atoms with Crippen LogP contribution >= 0.6 is 0 Å². The zero-order valence-electron chi connectivity index (χ0n) is 34.8. The summed E-state index contributed by atoms with van der Waals surface area (Å²) in [6.45, 7) is 13.1. The molecule has 5 bridgehead atoms. The lowest BCUT2D eigenvalue weighted by Crippen LogP contribution is -2.46. The van der Waals surface area contributed by atoms with Crippen LogP contribution in [0.4, 0.5) is 0 Å². The number of aliphatic hydroxyl groups excluding tert-OH is 2. The Balaban J connectivity index is 1.67. The number of aliphatic hydroxyl groups is 2. The third-order valence-corrected chi connectivity index (χ3v) is 11.8. The summed E-state index contributed by atoms with van der Waals surface area (Å²) in [6.07, 6.45) is 4.67. The highest BCUT2D eigenvalue weighted by atomic mass is 16.7. The molecule has 4 aliphatic heterocycles. The minimum Gasteiger partial charge on any atom is -0.507 e. The van der Waals surface area contributed by atoms with Crippen LogP contribution in [0.3, 0.4) is 0 Å². The van der Waals surface area contributed by atoms with Gasteiger partial charge in [-0.25, -0.2) is 0 Å². The van der Waals surface area contributed by atoms with Crippen molar-refractivity contribution in [2.24, 2.45) is 23.7 Å². The number of ketones is 3. The second kappa shape index (κ2) is 17.6. The maximum absolute atomic E-state index is 14.8. The number of nitrogens with zero attached hydrogens (tertiary/aromatic N) is 1. The predicted octanol–water partition coefficient (Wildman–Crippen LogP) is 4.07. The number of rotatable bonds is 5. The van der Waals surface area contributed by atoms with Gasteiger partial charge in [-0.3, -0.25) is 24.0 Å². The molecule has 0 radical (unpaired) electrons. The number of Topliss-reactive ketones (excluding diaryl/α,β-unsaturated/α-hetero) is 3. The number of phenolic OH excluding ortho intramolecular Hbond substituents is 1. The monoisotopic (exact) mass is 808 g/mol. The third-order valence-electron chi connectivity index (χ3n) is 11.8. The number of amides is 1. The standard InChI is InChI=1S/C43H56N2O13/c1-20-13-11-14-21(2)42(53)44-32-33(45(9)19-27-15-12-17-55-27)38(51)29-30(37(32)50)36(49)25(6)40-31(29)41(52)43(8,58-40)56-18-16-28(54-10)22(3)39(57-26(7)46)24(5)35(48)23(4)34(20)47/h11,13-14,16,18,20,22-24,27-28,34-35,39,47-49H,12,15,17,19H2,1-10H3,(H,44,53)/b13-11+,18-16+,21-14-/t20-,22+,23+,24-,27-,28-,34-,35-,39+,43-/m0/s1. The number of carbonyl (C=O) groups excluding carboxylic acids is 5. The highest BCUT2D eigenvalue weighted by Crippen LogP contribution is 2.49. The number of carbonyl (C=O) groups is 5. The Bertz CT molecular complexity index is 1960. The van der Waals surface area contributed by atoms with E-state index in [-0.39, 0.29) is 52.1 Å². The molecule has 10 atom stereocenters. The van der Waals surface area contributed by atoms with Gasteiger partial charge in [-0.2, -0.15) is 0 Å². The van der Waals surface area contributed by atoms with Crippen molar-refractivity contribution in [2.75, 3.05) is 27.3 Å². The second-order valence-corrected chi connectivity index (χ2v) is 16.0. The number of hydrogen-bond donors (Lipinski definition) is 4. The number of esters is 1. The molecule has 4 heterocycles. The van der Waals surface area contributed by atoms with Crippen LogP contribution in [0.2, 0.25) is 0 Å². The summed E-state index contributed by atoms with van der Waals surface area (Å²) in [6, 6.07) is 0. The highest BCUT2D eigenvalue weighted by molar-refractivity contribution is 6.32. The molecule has 5 aliphatic rings. The van der Waals surface area contributed by atoms with Gasteiger partial charge in [0, 0.05) is 76.0 Å². The number of aromatic hydroxyl groups is 1. The zero-order chi connectivity index (χ0) is 43.0. The lowest BCUT2D eigenvalue weighted by molar-refractivity contribution is -0.160. The Morgan fingerprint density at radius 3 is 2.29 bits per heavy atom. The van der Waals surface area contributed by atoms with Gasteiger partial charge in [0.2, 0.25) is 11.6 Å². The van der Waals surface area contributed by atoms with Crippen LogP contribution in [0.15, 0.2) is 47.5 Å². The van der Waals surface area contributed by atoms with Crippen LogP contribution in [0, 0.1) is 30.6 Å². The normalized spacial score (nSPS) is 34.1. The molecule has 1 amide bonds. The van der Waals surface area contributed by atoms with E-state index >= 15 is 0 Å². The van der Waals surface area contributed by atoms with Crippen molar-refractivity contribution in [3.63, 3.8) is 0 Å². The number of nitrogens with one attached hydrogen (secondary N) is 1. The van der Waals surface area contributed by atoms with E-state index in [4.69, 9.17) is 23.7 Å². The molecule has 1 aromatic carbocycles. The summed E-state index contributed by atoms with van der Waals surface area (Å²) < 4.78 is 29.3. The van der Waals surface area contributed by atoms with E-state index < -0.39 is 94.4 Å². The molecule has 0 spiro atoms.